The highest BCUT2D eigenvalue weighted by molar-refractivity contribution is 14.1. The fraction of sp³-hybridized carbons (Fsp3) is 0.547. The molecule has 0 spiro atoms. The van der Waals surface area contributed by atoms with Gasteiger partial charge in [-0.25, -0.2) is 0 Å². The van der Waals surface area contributed by atoms with E-state index in [1.54, 1.807) is 0 Å². The molecule has 3 heterocycles. The number of H-pyrrole nitrogens is 3. The van der Waals surface area contributed by atoms with Crippen LogP contribution in [0.1, 0.15) is 172 Å². The standard InChI is InChI=1S/C19H27BrN4O2.2C15H19BrN4O2.C4H9I/c1-5-6-7-15(18(25)26-19(2,3)4)16(17-21-23-24-22-17)12-13-8-10-14(20)11-9-13;1-15(2,3)22-13(21)9-11(14-17-19-20-18-14)8-10-4-6-12(16)7-5-10;1-2-3-4-12(15(21)22)13(14-17-19-20-18-14)9-10-5-7-11(16)8-6-10;1-2-3-4-5/h8-11,15-16H,5-7,12H2,1-4H3,(H,21,22,23,24);4-7,11H,8-9H2,1-3H3,(H,17,18,19,20);5-8,12-13H,2-4,9H2,1H3,(H,21,22)(H,17,18,19,20);2-4H2,1H3/t15?,16-;11-;12-,13-;/m111./s1. The average Bonchev–Trinajstić information content (AvgIpc) is 4.19. The van der Waals surface area contributed by atoms with E-state index in [9.17, 15) is 19.5 Å². The number of hydrogen-bond acceptors (Lipinski definition) is 14. The van der Waals surface area contributed by atoms with Crippen molar-refractivity contribution in [2.75, 3.05) is 4.43 Å². The minimum Gasteiger partial charge on any atom is -0.481 e. The SMILES string of the molecule is CC(C)(C)OC(=O)C[C@@H](Cc1ccc(Br)cc1)c1nn[nH]n1.CCCCC(C(=O)OC(C)(C)C)[C@@H](Cc1ccc(Br)cc1)c1nn[nH]n1.CCCCI.CCCC[C@@H](C(=O)O)[C@@H](Cc1ccc(Br)cc1)c1nn[nH]n1. The van der Waals surface area contributed by atoms with Crippen LogP contribution in [-0.2, 0) is 43.1 Å². The van der Waals surface area contributed by atoms with Gasteiger partial charge in [0, 0.05) is 31.2 Å². The maximum absolute atomic E-state index is 12.9. The van der Waals surface area contributed by atoms with Crippen molar-refractivity contribution < 1.29 is 29.0 Å². The van der Waals surface area contributed by atoms with E-state index in [2.05, 4.69) is 153 Å². The highest BCUT2D eigenvalue weighted by Gasteiger charge is 2.36. The van der Waals surface area contributed by atoms with Gasteiger partial charge in [0.15, 0.2) is 17.5 Å². The summed E-state index contributed by atoms with van der Waals surface area (Å²) in [6.45, 7) is 17.6. The Kier molecular flexibility index (Phi) is 29.6. The summed E-state index contributed by atoms with van der Waals surface area (Å²) in [5, 5.41) is 52.3. The summed E-state index contributed by atoms with van der Waals surface area (Å²) in [6.07, 6.45) is 9.93. The van der Waals surface area contributed by atoms with Gasteiger partial charge in [-0.3, -0.25) is 14.4 Å². The van der Waals surface area contributed by atoms with Gasteiger partial charge in [-0.15, -0.1) is 30.6 Å². The smallest absolute Gasteiger partial charge is 0.310 e. The number of aliphatic carboxylic acids is 1. The van der Waals surface area contributed by atoms with Gasteiger partial charge < -0.3 is 14.6 Å². The fourth-order valence-electron chi connectivity index (χ4n) is 7.65. The van der Waals surface area contributed by atoms with Gasteiger partial charge in [0.25, 0.3) is 0 Å². The largest absolute Gasteiger partial charge is 0.481 e. The molecule has 6 aromatic rings. The van der Waals surface area contributed by atoms with E-state index >= 15 is 0 Å². The summed E-state index contributed by atoms with van der Waals surface area (Å²) in [6, 6.07) is 23.9. The number of ether oxygens (including phenoxy) is 2. The summed E-state index contributed by atoms with van der Waals surface area (Å²) in [5.41, 5.74) is 2.24. The molecule has 0 bridgehead atoms. The molecule has 0 radical (unpaired) electrons. The zero-order chi connectivity index (χ0) is 55.4. The van der Waals surface area contributed by atoms with Crippen molar-refractivity contribution in [2.45, 2.75) is 168 Å². The van der Waals surface area contributed by atoms with Gasteiger partial charge in [0.2, 0.25) is 0 Å². The first-order valence-electron chi connectivity index (χ1n) is 25.3. The predicted octanol–water partition coefficient (Wildman–Crippen LogP) is 12.9. The van der Waals surface area contributed by atoms with E-state index in [0.717, 1.165) is 62.2 Å². The molecule has 0 aliphatic heterocycles. The molecule has 3 aromatic heterocycles. The first-order chi connectivity index (χ1) is 35.7. The van der Waals surface area contributed by atoms with Crippen molar-refractivity contribution in [3.63, 3.8) is 0 Å². The molecule has 0 aliphatic carbocycles. The van der Waals surface area contributed by atoms with E-state index in [-0.39, 0.29) is 42.0 Å². The van der Waals surface area contributed by atoms with Crippen molar-refractivity contribution in [3.8, 4) is 0 Å². The van der Waals surface area contributed by atoms with Crippen molar-refractivity contribution >= 4 is 88.3 Å². The van der Waals surface area contributed by atoms with Crippen LogP contribution in [0.5, 0.6) is 0 Å². The third-order valence-corrected chi connectivity index (χ3v) is 13.7. The zero-order valence-electron chi connectivity index (χ0n) is 44.5. The number of carboxylic acid groups (broad SMARTS) is 1. The molecule has 3 aromatic carbocycles. The van der Waals surface area contributed by atoms with Gasteiger partial charge in [-0.1, -0.05) is 175 Å². The van der Waals surface area contributed by atoms with Crippen LogP contribution in [0.25, 0.3) is 0 Å². The van der Waals surface area contributed by atoms with E-state index in [1.165, 1.54) is 17.3 Å². The second-order valence-electron chi connectivity index (χ2n) is 19.9. The summed E-state index contributed by atoms with van der Waals surface area (Å²) in [4.78, 5) is 36.7. The molecular formula is C53H74Br3IN12O6. The monoisotopic (exact) mass is 1340 g/mol. The van der Waals surface area contributed by atoms with Crippen LogP contribution in [0.15, 0.2) is 86.2 Å². The number of carbonyl (C=O) groups excluding carboxylic acids is 2. The van der Waals surface area contributed by atoms with Gasteiger partial charge in [-0.05, 0) is 138 Å². The lowest BCUT2D eigenvalue weighted by atomic mass is 9.83. The number of halogens is 4. The number of carbonyl (C=O) groups is 3. The van der Waals surface area contributed by atoms with Gasteiger partial charge in [-0.2, -0.15) is 15.6 Å². The first-order valence-corrected chi connectivity index (χ1v) is 29.2. The molecule has 22 heteroatoms. The Morgan fingerprint density at radius 1 is 0.560 bits per heavy atom. The zero-order valence-corrected chi connectivity index (χ0v) is 51.4. The van der Waals surface area contributed by atoms with Crippen LogP contribution in [0.3, 0.4) is 0 Å². The van der Waals surface area contributed by atoms with Crippen molar-refractivity contribution in [3.05, 3.63) is 120 Å². The number of unbranched alkanes of at least 4 members (excludes halogenated alkanes) is 3. The molecule has 0 fully saturated rings. The van der Waals surface area contributed by atoms with Crippen LogP contribution >= 0.6 is 70.4 Å². The summed E-state index contributed by atoms with van der Waals surface area (Å²) >= 11 is 12.7. The lowest BCUT2D eigenvalue weighted by molar-refractivity contribution is -0.161. The molecule has 75 heavy (non-hydrogen) atoms. The maximum atomic E-state index is 12.9. The van der Waals surface area contributed by atoms with Crippen molar-refractivity contribution in [1.29, 1.82) is 0 Å². The third kappa shape index (κ3) is 25.9. The van der Waals surface area contributed by atoms with Gasteiger partial charge in [0.05, 0.1) is 18.3 Å². The van der Waals surface area contributed by atoms with E-state index in [4.69, 9.17) is 9.47 Å². The average molecular weight is 1340 g/mol. The van der Waals surface area contributed by atoms with Crippen LogP contribution in [0.4, 0.5) is 0 Å². The first kappa shape index (κ1) is 64.7. The molecule has 1 unspecified atom stereocenters. The third-order valence-electron chi connectivity index (χ3n) is 11.3. The lowest BCUT2D eigenvalue weighted by Crippen LogP contribution is -2.33. The maximum Gasteiger partial charge on any atom is 0.310 e. The second kappa shape index (κ2) is 34.3. The quantitative estimate of drug-likeness (QED) is 0.0264. The number of alkyl halides is 1. The van der Waals surface area contributed by atoms with E-state index in [1.807, 2.05) is 114 Å². The molecule has 0 saturated heterocycles. The molecular weight excluding hydrogens is 1270 g/mol. The van der Waals surface area contributed by atoms with Crippen molar-refractivity contribution in [2.24, 2.45) is 11.8 Å². The molecule has 18 nitrogen and oxygen atoms in total. The Morgan fingerprint density at radius 2 is 0.933 bits per heavy atom. The number of nitrogens with one attached hydrogen (secondary N) is 3. The summed E-state index contributed by atoms with van der Waals surface area (Å²) in [7, 11) is 0. The lowest BCUT2D eigenvalue weighted by Gasteiger charge is -2.28. The second-order valence-corrected chi connectivity index (χ2v) is 23.7. The highest BCUT2D eigenvalue weighted by Crippen LogP contribution is 2.34. The van der Waals surface area contributed by atoms with Crippen LogP contribution in [0.2, 0.25) is 0 Å². The number of aromatic nitrogens is 12. The number of benzene rings is 3. The fourth-order valence-corrected chi connectivity index (χ4v) is 9.21. The minimum absolute atomic E-state index is 0.172. The molecule has 5 atom stereocenters. The molecule has 0 aliphatic rings. The highest BCUT2D eigenvalue weighted by atomic mass is 127. The Morgan fingerprint density at radius 3 is 1.27 bits per heavy atom. The normalized spacial score (nSPS) is 13.2. The number of rotatable bonds is 23. The summed E-state index contributed by atoms with van der Waals surface area (Å²) in [5.74, 6) is -1.19. The Labute approximate surface area is 480 Å². The number of hydrogen-bond donors (Lipinski definition) is 4. The van der Waals surface area contributed by atoms with Crippen LogP contribution in [-0.4, -0.2) is 101 Å². The Balaban J connectivity index is 0.000000284. The number of tetrazole rings is 3. The topological polar surface area (TPSA) is 253 Å². The van der Waals surface area contributed by atoms with E-state index < -0.39 is 23.1 Å². The number of esters is 2. The van der Waals surface area contributed by atoms with Crippen molar-refractivity contribution in [1.82, 2.24) is 61.9 Å². The Hall–Kier alpha value is -4.55. The number of nitrogens with zero attached hydrogens (tertiary/aromatic N) is 9. The molecule has 4 N–H and O–H groups in total. The van der Waals surface area contributed by atoms with Crippen LogP contribution < -0.4 is 0 Å². The molecule has 6 rings (SSSR count). The predicted molar refractivity (Wildman–Crippen MR) is 308 cm³/mol. The molecule has 0 amide bonds. The number of aromatic amines is 3. The van der Waals surface area contributed by atoms with Crippen LogP contribution in [0, 0.1) is 11.8 Å². The molecule has 410 valence electrons. The van der Waals surface area contributed by atoms with E-state index in [0.29, 0.717) is 43.2 Å². The van der Waals surface area contributed by atoms with Gasteiger partial charge in [0.1, 0.15) is 11.2 Å². The Bertz CT molecular complexity index is 2470. The summed E-state index contributed by atoms with van der Waals surface area (Å²) < 4.78 is 15.4. The van der Waals surface area contributed by atoms with Gasteiger partial charge >= 0.3 is 17.9 Å². The molecule has 0 saturated carbocycles. The number of carboxylic acids is 1. The minimum atomic E-state index is -0.805.